The largest absolute Gasteiger partial charge is 0.333 e. The summed E-state index contributed by atoms with van der Waals surface area (Å²) >= 11 is 0. The SMILES string of the molecule is Cc1cccc(CN2C(=O)CCC23CCNCC3)c1. The van der Waals surface area contributed by atoms with E-state index >= 15 is 0 Å². The smallest absolute Gasteiger partial charge is 0.223 e. The minimum absolute atomic E-state index is 0.131. The van der Waals surface area contributed by atoms with Crippen molar-refractivity contribution in [3.8, 4) is 0 Å². The predicted octanol–water partition coefficient (Wildman–Crippen LogP) is 2.24. The number of benzene rings is 1. The summed E-state index contributed by atoms with van der Waals surface area (Å²) in [5.74, 6) is 0.336. The molecule has 1 aromatic carbocycles. The molecule has 1 N–H and O–H groups in total. The summed E-state index contributed by atoms with van der Waals surface area (Å²) in [5.41, 5.74) is 2.66. The number of carbonyl (C=O) groups excluding carboxylic acids is 1. The molecule has 3 heteroatoms. The van der Waals surface area contributed by atoms with E-state index in [1.54, 1.807) is 0 Å². The topological polar surface area (TPSA) is 32.3 Å². The fourth-order valence-electron chi connectivity index (χ4n) is 3.54. The number of rotatable bonds is 2. The lowest BCUT2D eigenvalue weighted by Crippen LogP contribution is -2.51. The zero-order chi connectivity index (χ0) is 13.3. The van der Waals surface area contributed by atoms with Gasteiger partial charge >= 0.3 is 0 Å². The van der Waals surface area contributed by atoms with E-state index in [0.29, 0.717) is 5.91 Å². The van der Waals surface area contributed by atoms with Gasteiger partial charge in [-0.1, -0.05) is 29.8 Å². The third-order valence-corrected chi connectivity index (χ3v) is 4.64. The van der Waals surface area contributed by atoms with Gasteiger partial charge in [-0.05, 0) is 44.8 Å². The summed E-state index contributed by atoms with van der Waals surface area (Å²) in [5, 5.41) is 3.41. The van der Waals surface area contributed by atoms with Crippen molar-refractivity contribution < 1.29 is 4.79 Å². The Morgan fingerprint density at radius 3 is 2.79 bits per heavy atom. The Labute approximate surface area is 115 Å². The van der Waals surface area contributed by atoms with E-state index in [-0.39, 0.29) is 5.54 Å². The van der Waals surface area contributed by atoms with Crippen molar-refractivity contribution in [2.45, 2.75) is 44.7 Å². The van der Waals surface area contributed by atoms with Crippen LogP contribution in [-0.4, -0.2) is 29.4 Å². The van der Waals surface area contributed by atoms with E-state index in [2.05, 4.69) is 41.4 Å². The van der Waals surface area contributed by atoms with Crippen LogP contribution >= 0.6 is 0 Å². The molecule has 102 valence electrons. The molecule has 0 unspecified atom stereocenters. The van der Waals surface area contributed by atoms with E-state index in [1.165, 1.54) is 11.1 Å². The summed E-state index contributed by atoms with van der Waals surface area (Å²) in [6, 6.07) is 8.52. The molecule has 0 bridgehead atoms. The average Bonchev–Trinajstić information content (AvgIpc) is 2.69. The van der Waals surface area contributed by atoms with Crippen molar-refractivity contribution in [1.29, 1.82) is 0 Å². The Bertz CT molecular complexity index is 477. The van der Waals surface area contributed by atoms with Crippen molar-refractivity contribution in [3.05, 3.63) is 35.4 Å². The Balaban J connectivity index is 1.82. The summed E-state index contributed by atoms with van der Waals surface area (Å²) < 4.78 is 0. The van der Waals surface area contributed by atoms with Gasteiger partial charge in [0.2, 0.25) is 5.91 Å². The molecule has 0 atom stereocenters. The van der Waals surface area contributed by atoms with Gasteiger partial charge in [-0.25, -0.2) is 0 Å². The van der Waals surface area contributed by atoms with E-state index < -0.39 is 0 Å². The highest BCUT2D eigenvalue weighted by atomic mass is 16.2. The van der Waals surface area contributed by atoms with Gasteiger partial charge in [0.25, 0.3) is 0 Å². The van der Waals surface area contributed by atoms with E-state index in [1.807, 2.05) is 0 Å². The highest BCUT2D eigenvalue weighted by molar-refractivity contribution is 5.79. The van der Waals surface area contributed by atoms with Crippen LogP contribution in [0.5, 0.6) is 0 Å². The maximum atomic E-state index is 12.2. The molecule has 19 heavy (non-hydrogen) atoms. The highest BCUT2D eigenvalue weighted by Gasteiger charge is 2.45. The minimum atomic E-state index is 0.131. The van der Waals surface area contributed by atoms with Crippen molar-refractivity contribution in [2.75, 3.05) is 13.1 Å². The summed E-state index contributed by atoms with van der Waals surface area (Å²) in [6.45, 7) is 4.96. The number of carbonyl (C=O) groups is 1. The standard InChI is InChI=1S/C16H22N2O/c1-13-3-2-4-14(11-13)12-18-15(19)5-6-16(18)7-9-17-10-8-16/h2-4,11,17H,5-10,12H2,1H3. The Kier molecular flexibility index (Phi) is 3.31. The summed E-state index contributed by atoms with van der Waals surface area (Å²) in [7, 11) is 0. The van der Waals surface area contributed by atoms with Gasteiger partial charge in [0, 0.05) is 18.5 Å². The molecule has 2 heterocycles. The summed E-state index contributed by atoms with van der Waals surface area (Å²) in [6.07, 6.45) is 3.97. The number of nitrogens with one attached hydrogen (secondary N) is 1. The van der Waals surface area contributed by atoms with Crippen LogP contribution in [0.1, 0.15) is 36.8 Å². The molecule has 0 aliphatic carbocycles. The first kappa shape index (κ1) is 12.7. The molecule has 0 saturated carbocycles. The molecule has 2 aliphatic rings. The molecule has 2 aliphatic heterocycles. The zero-order valence-electron chi connectivity index (χ0n) is 11.6. The summed E-state index contributed by atoms with van der Waals surface area (Å²) in [4.78, 5) is 14.4. The lowest BCUT2D eigenvalue weighted by molar-refractivity contribution is -0.132. The van der Waals surface area contributed by atoms with Crippen LogP contribution in [0.15, 0.2) is 24.3 Å². The molecule has 1 aromatic rings. The first-order valence-electron chi connectivity index (χ1n) is 7.26. The van der Waals surface area contributed by atoms with Crippen molar-refractivity contribution in [3.63, 3.8) is 0 Å². The monoisotopic (exact) mass is 258 g/mol. The van der Waals surface area contributed by atoms with Crippen LogP contribution in [0.2, 0.25) is 0 Å². The first-order valence-corrected chi connectivity index (χ1v) is 7.26. The third kappa shape index (κ3) is 2.39. The van der Waals surface area contributed by atoms with Gasteiger partial charge in [0.1, 0.15) is 0 Å². The second-order valence-corrected chi connectivity index (χ2v) is 5.94. The number of piperidine rings is 1. The molecule has 0 aromatic heterocycles. The predicted molar refractivity (Wildman–Crippen MR) is 75.8 cm³/mol. The van der Waals surface area contributed by atoms with Crippen LogP contribution in [0.4, 0.5) is 0 Å². The van der Waals surface area contributed by atoms with Crippen LogP contribution < -0.4 is 5.32 Å². The van der Waals surface area contributed by atoms with Gasteiger partial charge < -0.3 is 10.2 Å². The van der Waals surface area contributed by atoms with Crippen LogP contribution in [0.25, 0.3) is 0 Å². The second-order valence-electron chi connectivity index (χ2n) is 5.94. The lowest BCUT2D eigenvalue weighted by Gasteiger charge is -2.42. The maximum absolute atomic E-state index is 12.2. The van der Waals surface area contributed by atoms with Crippen molar-refractivity contribution in [1.82, 2.24) is 10.2 Å². The van der Waals surface area contributed by atoms with Crippen LogP contribution in [0.3, 0.4) is 0 Å². The normalized spacial score (nSPS) is 22.2. The van der Waals surface area contributed by atoms with E-state index in [0.717, 1.165) is 45.3 Å². The van der Waals surface area contributed by atoms with Crippen molar-refractivity contribution >= 4 is 5.91 Å². The highest BCUT2D eigenvalue weighted by Crippen LogP contribution is 2.38. The van der Waals surface area contributed by atoms with Crippen LogP contribution in [0, 0.1) is 6.92 Å². The Morgan fingerprint density at radius 1 is 1.26 bits per heavy atom. The molecule has 3 nitrogen and oxygen atoms in total. The number of likely N-dealkylation sites (tertiary alicyclic amines) is 1. The second kappa shape index (κ2) is 4.97. The number of amides is 1. The number of hydrogen-bond acceptors (Lipinski definition) is 2. The Hall–Kier alpha value is -1.35. The fraction of sp³-hybridized carbons (Fsp3) is 0.562. The Morgan fingerprint density at radius 2 is 2.05 bits per heavy atom. The third-order valence-electron chi connectivity index (χ3n) is 4.64. The van der Waals surface area contributed by atoms with Gasteiger partial charge in [-0.15, -0.1) is 0 Å². The molecule has 3 rings (SSSR count). The number of nitrogens with zero attached hydrogens (tertiary/aromatic N) is 1. The maximum Gasteiger partial charge on any atom is 0.223 e. The quantitative estimate of drug-likeness (QED) is 0.882. The average molecular weight is 258 g/mol. The minimum Gasteiger partial charge on any atom is -0.333 e. The molecule has 1 spiro atoms. The fourth-order valence-corrected chi connectivity index (χ4v) is 3.54. The van der Waals surface area contributed by atoms with Gasteiger partial charge in [-0.2, -0.15) is 0 Å². The molecule has 2 fully saturated rings. The van der Waals surface area contributed by atoms with Crippen molar-refractivity contribution in [2.24, 2.45) is 0 Å². The van der Waals surface area contributed by atoms with Crippen LogP contribution in [-0.2, 0) is 11.3 Å². The van der Waals surface area contributed by atoms with Gasteiger partial charge in [0.15, 0.2) is 0 Å². The molecule has 2 saturated heterocycles. The molecule has 1 amide bonds. The van der Waals surface area contributed by atoms with E-state index in [9.17, 15) is 4.79 Å². The lowest BCUT2D eigenvalue weighted by atomic mass is 9.85. The van der Waals surface area contributed by atoms with Gasteiger partial charge in [0.05, 0.1) is 0 Å². The molecule has 0 radical (unpaired) electrons. The molecular weight excluding hydrogens is 236 g/mol. The zero-order valence-corrected chi connectivity index (χ0v) is 11.6. The van der Waals surface area contributed by atoms with E-state index in [4.69, 9.17) is 0 Å². The number of hydrogen-bond donors (Lipinski definition) is 1. The first-order chi connectivity index (χ1) is 9.20. The van der Waals surface area contributed by atoms with Gasteiger partial charge in [-0.3, -0.25) is 4.79 Å². The molecular formula is C16H22N2O. The number of aryl methyl sites for hydroxylation is 1.